The third kappa shape index (κ3) is 7.30. The van der Waals surface area contributed by atoms with Crippen LogP contribution in [0.15, 0.2) is 0 Å². The highest BCUT2D eigenvalue weighted by Gasteiger charge is 2.77. The predicted octanol–water partition coefficient (Wildman–Crippen LogP) is 6.07. The Morgan fingerprint density at radius 2 is 1.80 bits per heavy atom. The molecule has 0 aromatic rings. The molecule has 3 heterocycles. The van der Waals surface area contributed by atoms with Gasteiger partial charge in [-0.1, -0.05) is 41.0 Å². The van der Waals surface area contributed by atoms with Gasteiger partial charge in [-0.25, -0.2) is 0 Å². The minimum Gasteiger partial charge on any atom is -0.397 e. The van der Waals surface area contributed by atoms with E-state index < -0.39 is 0 Å². The third-order valence-corrected chi connectivity index (χ3v) is 15.3. The van der Waals surface area contributed by atoms with Crippen LogP contribution in [0.25, 0.3) is 0 Å². The molecule has 2 spiro atoms. The topological polar surface area (TPSA) is 109 Å². The van der Waals surface area contributed by atoms with E-state index in [-0.39, 0.29) is 53.9 Å². The molecule has 9 heteroatoms. The maximum Gasteiger partial charge on any atom is 0.223 e. The molecule has 9 nitrogen and oxygen atoms in total. The van der Waals surface area contributed by atoms with Gasteiger partial charge in [0, 0.05) is 45.6 Å². The SMILES string of the molecule is CCO.CC[C@]1(C)CC[C@@]23C[C@@]24CC[C@H](OC2CN(C(=O)CC5CC5)CCO2)C(C)(C)C4CC[C@H]3NCC2OC(CCC(=O)NC)C[C@@H](C)C21. The number of ether oxygens (including phenoxy) is 3. The molecule has 4 aliphatic carbocycles. The molecule has 5 unspecified atom stereocenters. The molecule has 11 atom stereocenters. The molecule has 7 aliphatic rings. The van der Waals surface area contributed by atoms with Gasteiger partial charge in [-0.2, -0.15) is 0 Å². The Bertz CT molecular complexity index is 1190. The lowest BCUT2D eigenvalue weighted by Gasteiger charge is -2.56. The Kier molecular flexibility index (Phi) is 11.7. The molecule has 4 saturated carbocycles. The number of amides is 2. The molecule has 7 fully saturated rings. The number of aliphatic hydroxyl groups excluding tert-OH is 1. The summed E-state index contributed by atoms with van der Waals surface area (Å²) < 4.78 is 20.0. The molecule has 3 saturated heterocycles. The van der Waals surface area contributed by atoms with Gasteiger partial charge in [0.15, 0.2) is 6.29 Å². The normalized spacial score (nSPS) is 43.6. The fourth-order valence-electron chi connectivity index (χ4n) is 12.4. The summed E-state index contributed by atoms with van der Waals surface area (Å²) in [5, 5.41) is 14.6. The molecule has 2 amide bonds. The quantitative estimate of drug-likeness (QED) is 0.282. The molecule has 0 bridgehead atoms. The molecule has 3 N–H and O–H groups in total. The smallest absolute Gasteiger partial charge is 0.223 e. The van der Waals surface area contributed by atoms with Crippen molar-refractivity contribution in [1.29, 1.82) is 0 Å². The van der Waals surface area contributed by atoms with Crippen LogP contribution in [0.1, 0.15) is 131 Å². The Labute approximate surface area is 303 Å². The number of nitrogens with one attached hydrogen (secondary N) is 2. The van der Waals surface area contributed by atoms with Crippen LogP contribution >= 0.6 is 0 Å². The second kappa shape index (κ2) is 15.2. The maximum atomic E-state index is 12.9. The van der Waals surface area contributed by atoms with Gasteiger partial charge < -0.3 is 34.9 Å². The van der Waals surface area contributed by atoms with Crippen molar-refractivity contribution in [3.63, 3.8) is 0 Å². The molecule has 50 heavy (non-hydrogen) atoms. The van der Waals surface area contributed by atoms with E-state index >= 15 is 0 Å². The Balaban J connectivity index is 0.00000139. The van der Waals surface area contributed by atoms with Crippen LogP contribution in [0.5, 0.6) is 0 Å². The van der Waals surface area contributed by atoms with E-state index in [1.807, 2.05) is 4.90 Å². The molecule has 3 aliphatic heterocycles. The predicted molar refractivity (Wildman–Crippen MR) is 195 cm³/mol. The number of morpholine rings is 1. The van der Waals surface area contributed by atoms with Crippen molar-refractivity contribution >= 4 is 11.8 Å². The number of hydrogen-bond donors (Lipinski definition) is 3. The molecule has 286 valence electrons. The first-order valence-corrected chi connectivity index (χ1v) is 20.6. The summed E-state index contributed by atoms with van der Waals surface area (Å²) in [4.78, 5) is 27.0. The van der Waals surface area contributed by atoms with Crippen molar-refractivity contribution in [2.45, 2.75) is 162 Å². The highest BCUT2D eigenvalue weighted by molar-refractivity contribution is 5.77. The van der Waals surface area contributed by atoms with Crippen molar-refractivity contribution in [3.8, 4) is 0 Å². The van der Waals surface area contributed by atoms with Gasteiger partial charge >= 0.3 is 0 Å². The van der Waals surface area contributed by atoms with Crippen LogP contribution in [-0.4, -0.2) is 92.4 Å². The zero-order chi connectivity index (χ0) is 35.9. The third-order valence-electron chi connectivity index (χ3n) is 15.3. The van der Waals surface area contributed by atoms with Gasteiger partial charge in [0.1, 0.15) is 0 Å². The van der Waals surface area contributed by atoms with Crippen molar-refractivity contribution in [3.05, 3.63) is 0 Å². The number of rotatable bonds is 8. The second-order valence-corrected chi connectivity index (χ2v) is 18.4. The van der Waals surface area contributed by atoms with Crippen molar-refractivity contribution in [2.75, 3.05) is 39.9 Å². The first kappa shape index (κ1) is 38.5. The summed E-state index contributed by atoms with van der Waals surface area (Å²) in [5.74, 6) is 2.77. The van der Waals surface area contributed by atoms with Crippen LogP contribution in [0, 0.1) is 45.3 Å². The summed E-state index contributed by atoms with van der Waals surface area (Å²) in [7, 11) is 1.73. The second-order valence-electron chi connectivity index (χ2n) is 18.4. The van der Waals surface area contributed by atoms with Gasteiger partial charge in [0.2, 0.25) is 11.8 Å². The van der Waals surface area contributed by atoms with E-state index in [9.17, 15) is 9.59 Å². The first-order chi connectivity index (χ1) is 23.9. The van der Waals surface area contributed by atoms with E-state index in [2.05, 4.69) is 45.3 Å². The van der Waals surface area contributed by atoms with E-state index in [4.69, 9.17) is 19.3 Å². The molecule has 7 rings (SSSR count). The van der Waals surface area contributed by atoms with Gasteiger partial charge in [-0.3, -0.25) is 9.59 Å². The van der Waals surface area contributed by atoms with Gasteiger partial charge in [-0.15, -0.1) is 0 Å². The molecular weight excluding hydrogens is 630 g/mol. The molecule has 0 aromatic carbocycles. The summed E-state index contributed by atoms with van der Waals surface area (Å²) in [6.45, 7) is 17.1. The highest BCUT2D eigenvalue weighted by atomic mass is 16.7. The number of fused-ring (bicyclic) bond motifs is 1. The minimum absolute atomic E-state index is 0.0620. The fraction of sp³-hybridized carbons (Fsp3) is 0.951. The maximum absolute atomic E-state index is 12.9. The van der Waals surface area contributed by atoms with Crippen LogP contribution < -0.4 is 10.6 Å². The molecular formula is C41H71N3O6. The van der Waals surface area contributed by atoms with E-state index in [1.54, 1.807) is 14.0 Å². The number of nitrogens with zero attached hydrogens (tertiary/aromatic N) is 1. The van der Waals surface area contributed by atoms with Gasteiger partial charge in [0.25, 0.3) is 0 Å². The number of aliphatic hydroxyl groups is 1. The summed E-state index contributed by atoms with van der Waals surface area (Å²) in [6.07, 6.45) is 15.7. The lowest BCUT2D eigenvalue weighted by molar-refractivity contribution is -0.242. The van der Waals surface area contributed by atoms with Crippen LogP contribution in [0.2, 0.25) is 0 Å². The average molecular weight is 702 g/mol. The fourth-order valence-corrected chi connectivity index (χ4v) is 12.4. The van der Waals surface area contributed by atoms with E-state index in [1.165, 1.54) is 57.8 Å². The molecule has 0 aromatic heterocycles. The Hall–Kier alpha value is -1.26. The van der Waals surface area contributed by atoms with Crippen molar-refractivity contribution < 1.29 is 28.9 Å². The van der Waals surface area contributed by atoms with Gasteiger partial charge in [0.05, 0.1) is 31.5 Å². The standard InChI is InChI=1S/C39H65N3O5.C2H6O/c1-7-37(5)16-17-39-24-38(39)15-14-31(47-34-23-42(18-19-45-34)33(44)21-26-8-9-26)36(3,4)29(38)11-12-30(39)41-22-28-35(37)25(2)20-27(46-28)10-13-32(43)40-6;1-2-3/h25-31,34-35,41H,7-24H2,1-6H3,(H,40,43);3H,2H2,1H3/t25-,27?,28?,29?,30-,31+,34?,35?,37-,38-,39+;/m1./s1. The highest BCUT2D eigenvalue weighted by Crippen LogP contribution is 2.82. The first-order valence-electron chi connectivity index (χ1n) is 20.6. The van der Waals surface area contributed by atoms with Crippen molar-refractivity contribution in [1.82, 2.24) is 15.5 Å². The van der Waals surface area contributed by atoms with Gasteiger partial charge in [-0.05, 0) is 123 Å². The van der Waals surface area contributed by atoms with E-state index in [0.29, 0.717) is 73.1 Å². The monoisotopic (exact) mass is 702 g/mol. The lowest BCUT2D eigenvalue weighted by atomic mass is 9.52. The van der Waals surface area contributed by atoms with Crippen LogP contribution in [0.3, 0.4) is 0 Å². The minimum atomic E-state index is -0.308. The zero-order valence-electron chi connectivity index (χ0n) is 32.6. The largest absolute Gasteiger partial charge is 0.397 e. The number of carbonyl (C=O) groups excluding carboxylic acids is 2. The van der Waals surface area contributed by atoms with Crippen LogP contribution in [-0.2, 0) is 23.8 Å². The zero-order valence-corrected chi connectivity index (χ0v) is 32.6. The average Bonchev–Trinajstić information content (AvgIpc) is 4.02. The Morgan fingerprint density at radius 3 is 2.50 bits per heavy atom. The number of hydrogen-bond acceptors (Lipinski definition) is 7. The summed E-state index contributed by atoms with van der Waals surface area (Å²) in [6, 6.07) is 0.546. The summed E-state index contributed by atoms with van der Waals surface area (Å²) in [5.41, 5.74) is 1.05. The molecule has 0 radical (unpaired) electrons. The Morgan fingerprint density at radius 1 is 1.04 bits per heavy atom. The van der Waals surface area contributed by atoms with E-state index in [0.717, 1.165) is 25.8 Å². The van der Waals surface area contributed by atoms with Crippen LogP contribution in [0.4, 0.5) is 0 Å². The summed E-state index contributed by atoms with van der Waals surface area (Å²) >= 11 is 0. The number of carbonyl (C=O) groups is 2. The lowest BCUT2D eigenvalue weighted by Crippen LogP contribution is -2.57. The van der Waals surface area contributed by atoms with Crippen molar-refractivity contribution in [2.24, 2.45) is 45.3 Å².